The summed E-state index contributed by atoms with van der Waals surface area (Å²) in [5.41, 5.74) is 0.436. The fourth-order valence-corrected chi connectivity index (χ4v) is 4.45. The molecule has 0 amide bonds. The van der Waals surface area contributed by atoms with E-state index in [1.807, 2.05) is 6.92 Å². The van der Waals surface area contributed by atoms with Gasteiger partial charge in [0.25, 0.3) is 5.56 Å². The SMILES string of the molecule is CCCCc1nc2ccc(Br)cc2c(=O)n1N=Cc1cc(Cl)cc([N+](=O)[O-])c1OCc1cccc(C(=O)O)c1. The van der Waals surface area contributed by atoms with Gasteiger partial charge in [-0.1, -0.05) is 53.0 Å². The van der Waals surface area contributed by atoms with E-state index in [1.165, 1.54) is 29.1 Å². The van der Waals surface area contributed by atoms with E-state index in [0.717, 1.165) is 18.9 Å². The lowest BCUT2D eigenvalue weighted by Gasteiger charge is -2.12. The maximum absolute atomic E-state index is 13.4. The van der Waals surface area contributed by atoms with Crippen LogP contribution in [0.1, 0.15) is 47.1 Å². The Balaban J connectivity index is 1.79. The second-order valence-corrected chi connectivity index (χ2v) is 9.90. The average molecular weight is 614 g/mol. The van der Waals surface area contributed by atoms with Crippen LogP contribution >= 0.6 is 27.5 Å². The number of aryl methyl sites for hydroxylation is 1. The number of rotatable bonds is 10. The molecule has 10 nitrogen and oxygen atoms in total. The largest absolute Gasteiger partial charge is 0.481 e. The van der Waals surface area contributed by atoms with Crippen LogP contribution in [0, 0.1) is 10.1 Å². The monoisotopic (exact) mass is 612 g/mol. The molecule has 4 rings (SSSR count). The molecule has 0 radical (unpaired) electrons. The minimum absolute atomic E-state index is 0.0536. The number of halogens is 2. The van der Waals surface area contributed by atoms with E-state index in [1.54, 1.807) is 30.3 Å². The number of fused-ring (bicyclic) bond motifs is 1. The highest BCUT2D eigenvalue weighted by atomic mass is 79.9. The van der Waals surface area contributed by atoms with Crippen molar-refractivity contribution in [1.82, 2.24) is 9.66 Å². The summed E-state index contributed by atoms with van der Waals surface area (Å²) in [4.78, 5) is 40.5. The van der Waals surface area contributed by atoms with Crippen LogP contribution in [0.5, 0.6) is 5.75 Å². The average Bonchev–Trinajstić information content (AvgIpc) is 2.91. The van der Waals surface area contributed by atoms with Crippen molar-refractivity contribution >= 4 is 56.3 Å². The number of ether oxygens (including phenoxy) is 1. The molecule has 4 aromatic rings. The summed E-state index contributed by atoms with van der Waals surface area (Å²) in [5, 5.41) is 25.9. The summed E-state index contributed by atoms with van der Waals surface area (Å²) >= 11 is 9.55. The molecule has 200 valence electrons. The number of aromatic carboxylic acids is 1. The third kappa shape index (κ3) is 6.50. The van der Waals surface area contributed by atoms with E-state index in [-0.39, 0.29) is 28.5 Å². The molecule has 0 bridgehead atoms. The molecule has 39 heavy (non-hydrogen) atoms. The van der Waals surface area contributed by atoms with Crippen molar-refractivity contribution in [2.75, 3.05) is 0 Å². The number of unbranched alkanes of at least 4 members (excludes halogenated alkanes) is 1. The van der Waals surface area contributed by atoms with Gasteiger partial charge < -0.3 is 9.84 Å². The highest BCUT2D eigenvalue weighted by Gasteiger charge is 2.21. The van der Waals surface area contributed by atoms with Crippen LogP contribution in [0.25, 0.3) is 10.9 Å². The Morgan fingerprint density at radius 3 is 2.77 bits per heavy atom. The first kappa shape index (κ1) is 27.9. The number of benzene rings is 3. The number of hydrogen-bond acceptors (Lipinski definition) is 7. The Morgan fingerprint density at radius 1 is 1.26 bits per heavy atom. The number of aromatic nitrogens is 2. The van der Waals surface area contributed by atoms with E-state index in [2.05, 4.69) is 26.0 Å². The van der Waals surface area contributed by atoms with E-state index in [9.17, 15) is 24.8 Å². The zero-order valence-electron chi connectivity index (χ0n) is 20.6. The molecule has 0 unspecified atom stereocenters. The third-order valence-corrected chi connectivity index (χ3v) is 6.47. The van der Waals surface area contributed by atoms with Crippen molar-refractivity contribution in [3.05, 3.63) is 107 Å². The van der Waals surface area contributed by atoms with Gasteiger partial charge >= 0.3 is 11.7 Å². The van der Waals surface area contributed by atoms with Gasteiger partial charge in [0.05, 0.1) is 27.6 Å². The van der Waals surface area contributed by atoms with Crippen molar-refractivity contribution in [2.45, 2.75) is 32.8 Å². The molecule has 0 aliphatic carbocycles. The summed E-state index contributed by atoms with van der Waals surface area (Å²) in [6.07, 6.45) is 3.41. The maximum Gasteiger partial charge on any atom is 0.335 e. The molecule has 0 fully saturated rings. The molecule has 0 aliphatic heterocycles. The summed E-state index contributed by atoms with van der Waals surface area (Å²) in [6, 6.07) is 13.8. The lowest BCUT2D eigenvalue weighted by Crippen LogP contribution is -2.22. The van der Waals surface area contributed by atoms with Gasteiger partial charge in [0.2, 0.25) is 5.75 Å². The number of nitrogens with zero attached hydrogens (tertiary/aromatic N) is 4. The first-order valence-corrected chi connectivity index (χ1v) is 13.0. The fourth-order valence-electron chi connectivity index (χ4n) is 3.87. The molecular formula is C27H22BrClN4O6. The van der Waals surface area contributed by atoms with Gasteiger partial charge in [-0.2, -0.15) is 9.78 Å². The Kier molecular flexibility index (Phi) is 8.72. The minimum Gasteiger partial charge on any atom is -0.481 e. The first-order chi connectivity index (χ1) is 18.7. The number of nitro benzene ring substituents is 1. The Bertz CT molecular complexity index is 1670. The summed E-state index contributed by atoms with van der Waals surface area (Å²) in [6.45, 7) is 1.86. The molecule has 0 saturated carbocycles. The Morgan fingerprint density at radius 2 is 2.05 bits per heavy atom. The van der Waals surface area contributed by atoms with Crippen LogP contribution < -0.4 is 10.3 Å². The number of carbonyl (C=O) groups is 1. The molecule has 1 heterocycles. The quantitative estimate of drug-likeness (QED) is 0.127. The molecule has 12 heteroatoms. The Hall–Kier alpha value is -4.09. The highest BCUT2D eigenvalue weighted by molar-refractivity contribution is 9.10. The normalized spacial score (nSPS) is 11.3. The van der Waals surface area contributed by atoms with E-state index in [0.29, 0.717) is 33.2 Å². The van der Waals surface area contributed by atoms with Crippen LogP contribution in [0.3, 0.4) is 0 Å². The van der Waals surface area contributed by atoms with Crippen LogP contribution in [0.15, 0.2) is 69.0 Å². The fraction of sp³-hybridized carbons (Fsp3) is 0.185. The zero-order chi connectivity index (χ0) is 28.1. The number of carboxylic acids is 1. The zero-order valence-corrected chi connectivity index (χ0v) is 23.0. The van der Waals surface area contributed by atoms with Crippen LogP contribution in [0.4, 0.5) is 5.69 Å². The van der Waals surface area contributed by atoms with Crippen molar-refractivity contribution < 1.29 is 19.6 Å². The standard InChI is InChI=1S/C27H22BrClN4O6/c1-2-3-7-24-31-22-9-8-19(28)12-21(22)26(34)32(24)30-14-18-11-20(29)13-23(33(37)38)25(18)39-15-16-5-4-6-17(10-16)27(35)36/h4-6,8-14H,2-3,7,15H2,1H3,(H,35,36). The van der Waals surface area contributed by atoms with Crippen molar-refractivity contribution in [3.8, 4) is 5.75 Å². The van der Waals surface area contributed by atoms with Crippen LogP contribution in [-0.2, 0) is 13.0 Å². The van der Waals surface area contributed by atoms with Gasteiger partial charge in [-0.05, 0) is 48.4 Å². The van der Waals surface area contributed by atoms with Crippen molar-refractivity contribution in [1.29, 1.82) is 0 Å². The van der Waals surface area contributed by atoms with Crippen molar-refractivity contribution in [2.24, 2.45) is 5.10 Å². The Labute approximate surface area is 235 Å². The van der Waals surface area contributed by atoms with Gasteiger partial charge in [-0.3, -0.25) is 14.9 Å². The van der Waals surface area contributed by atoms with Gasteiger partial charge in [-0.15, -0.1) is 0 Å². The predicted octanol–water partition coefficient (Wildman–Crippen LogP) is 6.22. The predicted molar refractivity (Wildman–Crippen MR) is 151 cm³/mol. The minimum atomic E-state index is -1.11. The molecule has 0 spiro atoms. The molecule has 1 aromatic heterocycles. The number of carboxylic acid groups (broad SMARTS) is 1. The van der Waals surface area contributed by atoms with Gasteiger partial charge in [-0.25, -0.2) is 9.78 Å². The molecule has 0 saturated heterocycles. The molecule has 0 atom stereocenters. The van der Waals surface area contributed by atoms with Gasteiger partial charge in [0.15, 0.2) is 0 Å². The second-order valence-electron chi connectivity index (χ2n) is 8.55. The molecule has 1 N–H and O–H groups in total. The van der Waals surface area contributed by atoms with E-state index in [4.69, 9.17) is 16.3 Å². The highest BCUT2D eigenvalue weighted by Crippen LogP contribution is 2.34. The van der Waals surface area contributed by atoms with Crippen LogP contribution in [-0.4, -0.2) is 31.9 Å². The number of nitro groups is 1. The van der Waals surface area contributed by atoms with Gasteiger partial charge in [0, 0.05) is 27.5 Å². The van der Waals surface area contributed by atoms with Crippen LogP contribution in [0.2, 0.25) is 5.02 Å². The lowest BCUT2D eigenvalue weighted by molar-refractivity contribution is -0.385. The third-order valence-electron chi connectivity index (χ3n) is 5.76. The van der Waals surface area contributed by atoms with Gasteiger partial charge in [0.1, 0.15) is 12.4 Å². The molecule has 3 aromatic carbocycles. The topological polar surface area (TPSA) is 137 Å². The molecule has 0 aliphatic rings. The second kappa shape index (κ2) is 12.2. The first-order valence-electron chi connectivity index (χ1n) is 11.9. The summed E-state index contributed by atoms with van der Waals surface area (Å²) in [7, 11) is 0. The van der Waals surface area contributed by atoms with E-state index >= 15 is 0 Å². The summed E-state index contributed by atoms with van der Waals surface area (Å²) < 4.78 is 7.70. The van der Waals surface area contributed by atoms with Crippen molar-refractivity contribution in [3.63, 3.8) is 0 Å². The molecular weight excluding hydrogens is 592 g/mol. The maximum atomic E-state index is 13.4. The van der Waals surface area contributed by atoms with E-state index < -0.39 is 22.1 Å². The summed E-state index contributed by atoms with van der Waals surface area (Å²) in [5.74, 6) is -0.798. The smallest absolute Gasteiger partial charge is 0.335 e. The number of hydrogen-bond donors (Lipinski definition) is 1. The lowest BCUT2D eigenvalue weighted by atomic mass is 10.1.